The van der Waals surface area contributed by atoms with Crippen LogP contribution < -0.4 is 0 Å². The molecule has 2 aromatic carbocycles. The van der Waals surface area contributed by atoms with E-state index in [1.165, 1.54) is 18.2 Å². The van der Waals surface area contributed by atoms with Crippen molar-refractivity contribution in [2.75, 3.05) is 0 Å². The normalized spacial score (nSPS) is 10.3. The molecule has 2 rings (SSSR count). The fourth-order valence-electron chi connectivity index (χ4n) is 1.71. The fraction of sp³-hybridized carbons (Fsp3) is 0. The number of phenols is 1. The lowest BCUT2D eigenvalue weighted by Gasteiger charge is -2.08. The lowest BCUT2D eigenvalue weighted by molar-refractivity contribution is 0.0698. The quantitative estimate of drug-likeness (QED) is 0.874. The van der Waals surface area contributed by atoms with Gasteiger partial charge in [-0.1, -0.05) is 23.7 Å². The Balaban J connectivity index is 2.71. The third-order valence-corrected chi connectivity index (χ3v) is 2.74. The molecule has 0 bridgehead atoms. The number of hydrogen-bond acceptors (Lipinski definition) is 2. The number of aromatic carboxylic acids is 1. The van der Waals surface area contributed by atoms with Gasteiger partial charge in [-0.25, -0.2) is 9.18 Å². The summed E-state index contributed by atoms with van der Waals surface area (Å²) in [5.41, 5.74) is 0.390. The summed E-state index contributed by atoms with van der Waals surface area (Å²) in [6.07, 6.45) is 0. The SMILES string of the molecule is O=C(O)c1c(Cl)cccc1-c1cc(O)cc(F)c1. The predicted molar refractivity (Wildman–Crippen MR) is 65.5 cm³/mol. The Bertz CT molecular complexity index is 605. The maximum absolute atomic E-state index is 13.2. The van der Waals surface area contributed by atoms with Crippen molar-refractivity contribution in [1.82, 2.24) is 0 Å². The standard InChI is InChI=1S/C13H8ClFO3/c14-11-3-1-2-10(12(11)13(17)18)7-4-8(15)6-9(16)5-7/h1-6,16H,(H,17,18). The van der Waals surface area contributed by atoms with Crippen LogP contribution in [0, 0.1) is 5.82 Å². The molecule has 0 saturated carbocycles. The van der Waals surface area contributed by atoms with Crippen molar-refractivity contribution in [2.45, 2.75) is 0 Å². The van der Waals surface area contributed by atoms with Crippen molar-refractivity contribution in [3.05, 3.63) is 52.8 Å². The number of carboxylic acids is 1. The molecule has 0 saturated heterocycles. The minimum atomic E-state index is -1.21. The fourth-order valence-corrected chi connectivity index (χ4v) is 1.97. The van der Waals surface area contributed by atoms with Crippen LogP contribution in [0.3, 0.4) is 0 Å². The first-order valence-electron chi connectivity index (χ1n) is 5.01. The van der Waals surface area contributed by atoms with Crippen molar-refractivity contribution in [1.29, 1.82) is 0 Å². The number of phenolic OH excluding ortho intramolecular Hbond substituents is 1. The minimum absolute atomic E-state index is 0.0590. The van der Waals surface area contributed by atoms with Crippen molar-refractivity contribution < 1.29 is 19.4 Å². The van der Waals surface area contributed by atoms with Crippen LogP contribution in [0.15, 0.2) is 36.4 Å². The third kappa shape index (κ3) is 2.28. The number of halogens is 2. The highest BCUT2D eigenvalue weighted by Crippen LogP contribution is 2.31. The van der Waals surface area contributed by atoms with Crippen LogP contribution in [0.2, 0.25) is 5.02 Å². The highest BCUT2D eigenvalue weighted by Gasteiger charge is 2.16. The Morgan fingerprint density at radius 2 is 1.94 bits per heavy atom. The molecule has 0 amide bonds. The molecule has 0 atom stereocenters. The zero-order valence-electron chi connectivity index (χ0n) is 9.02. The van der Waals surface area contributed by atoms with Gasteiger partial charge in [0.15, 0.2) is 0 Å². The van der Waals surface area contributed by atoms with Crippen LogP contribution in [-0.2, 0) is 0 Å². The Morgan fingerprint density at radius 3 is 2.56 bits per heavy atom. The maximum Gasteiger partial charge on any atom is 0.337 e. The smallest absolute Gasteiger partial charge is 0.337 e. The molecule has 18 heavy (non-hydrogen) atoms. The molecule has 2 aromatic rings. The zero-order valence-corrected chi connectivity index (χ0v) is 9.78. The molecule has 3 nitrogen and oxygen atoms in total. The van der Waals surface area contributed by atoms with Gasteiger partial charge in [0.25, 0.3) is 0 Å². The molecule has 0 radical (unpaired) electrons. The lowest BCUT2D eigenvalue weighted by Crippen LogP contribution is -2.00. The van der Waals surface area contributed by atoms with E-state index in [9.17, 15) is 14.3 Å². The van der Waals surface area contributed by atoms with Gasteiger partial charge in [0.1, 0.15) is 11.6 Å². The van der Waals surface area contributed by atoms with Gasteiger partial charge in [-0.15, -0.1) is 0 Å². The molecule has 0 heterocycles. The molecule has 0 fully saturated rings. The van der Waals surface area contributed by atoms with E-state index in [4.69, 9.17) is 16.7 Å². The monoisotopic (exact) mass is 266 g/mol. The highest BCUT2D eigenvalue weighted by molar-refractivity contribution is 6.34. The van der Waals surface area contributed by atoms with Crippen molar-refractivity contribution in [2.24, 2.45) is 0 Å². The van der Waals surface area contributed by atoms with Crippen LogP contribution in [0.4, 0.5) is 4.39 Å². The third-order valence-electron chi connectivity index (χ3n) is 2.42. The summed E-state index contributed by atoms with van der Waals surface area (Å²) in [5, 5.41) is 18.5. The molecular weight excluding hydrogens is 259 g/mol. The second-order valence-electron chi connectivity index (χ2n) is 3.67. The van der Waals surface area contributed by atoms with Crippen LogP contribution in [-0.4, -0.2) is 16.2 Å². The van der Waals surface area contributed by atoms with Gasteiger partial charge >= 0.3 is 5.97 Å². The molecule has 92 valence electrons. The van der Waals surface area contributed by atoms with Gasteiger partial charge in [-0.05, 0) is 29.3 Å². The average Bonchev–Trinajstić information content (AvgIpc) is 2.26. The van der Waals surface area contributed by atoms with E-state index in [0.717, 1.165) is 12.1 Å². The molecule has 0 aromatic heterocycles. The number of rotatable bonds is 2. The Labute approximate surface area is 107 Å². The van der Waals surface area contributed by atoms with Crippen LogP contribution >= 0.6 is 11.6 Å². The number of hydrogen-bond donors (Lipinski definition) is 2. The van der Waals surface area contributed by atoms with Crippen LogP contribution in [0.5, 0.6) is 5.75 Å². The molecule has 0 spiro atoms. The number of aromatic hydroxyl groups is 1. The van der Waals surface area contributed by atoms with Crippen molar-refractivity contribution >= 4 is 17.6 Å². The van der Waals surface area contributed by atoms with Crippen LogP contribution in [0.1, 0.15) is 10.4 Å². The summed E-state index contributed by atoms with van der Waals surface area (Å²) in [7, 11) is 0. The molecular formula is C13H8ClFO3. The molecule has 5 heteroatoms. The van der Waals surface area contributed by atoms with E-state index in [1.54, 1.807) is 6.07 Å². The first-order valence-corrected chi connectivity index (χ1v) is 5.38. The van der Waals surface area contributed by atoms with E-state index in [0.29, 0.717) is 0 Å². The summed E-state index contributed by atoms with van der Waals surface area (Å²) in [4.78, 5) is 11.1. The molecule has 0 aliphatic carbocycles. The van der Waals surface area contributed by atoms with Gasteiger partial charge in [-0.2, -0.15) is 0 Å². The molecule has 0 unspecified atom stereocenters. The topological polar surface area (TPSA) is 57.5 Å². The van der Waals surface area contributed by atoms with E-state index < -0.39 is 11.8 Å². The first-order chi connectivity index (χ1) is 8.49. The first kappa shape index (κ1) is 12.4. The Morgan fingerprint density at radius 1 is 1.22 bits per heavy atom. The predicted octanol–water partition coefficient (Wildman–Crippen LogP) is 3.55. The van der Waals surface area contributed by atoms with Gasteiger partial charge in [0, 0.05) is 6.07 Å². The number of carboxylic acid groups (broad SMARTS) is 1. The lowest BCUT2D eigenvalue weighted by atomic mass is 9.99. The molecule has 0 aliphatic rings. The van der Waals surface area contributed by atoms with E-state index in [2.05, 4.69) is 0 Å². The van der Waals surface area contributed by atoms with E-state index in [-0.39, 0.29) is 27.5 Å². The second kappa shape index (κ2) is 4.66. The van der Waals surface area contributed by atoms with Gasteiger partial charge in [-0.3, -0.25) is 0 Å². The minimum Gasteiger partial charge on any atom is -0.508 e. The highest BCUT2D eigenvalue weighted by atomic mass is 35.5. The van der Waals surface area contributed by atoms with Crippen molar-refractivity contribution in [3.63, 3.8) is 0 Å². The second-order valence-corrected chi connectivity index (χ2v) is 4.07. The van der Waals surface area contributed by atoms with Crippen LogP contribution in [0.25, 0.3) is 11.1 Å². The molecule has 2 N–H and O–H groups in total. The van der Waals surface area contributed by atoms with Gasteiger partial charge in [0.05, 0.1) is 10.6 Å². The summed E-state index contributed by atoms with van der Waals surface area (Å²) >= 11 is 5.82. The Kier molecular flexibility index (Phi) is 3.21. The van der Waals surface area contributed by atoms with Gasteiger partial charge < -0.3 is 10.2 Å². The number of benzene rings is 2. The summed E-state index contributed by atoms with van der Waals surface area (Å²) < 4.78 is 13.2. The average molecular weight is 267 g/mol. The Hall–Kier alpha value is -2.07. The van der Waals surface area contributed by atoms with Crippen molar-refractivity contribution in [3.8, 4) is 16.9 Å². The number of carbonyl (C=O) groups is 1. The summed E-state index contributed by atoms with van der Waals surface area (Å²) in [6.45, 7) is 0. The molecule has 0 aliphatic heterocycles. The zero-order chi connectivity index (χ0) is 13.3. The van der Waals surface area contributed by atoms with E-state index in [1.807, 2.05) is 0 Å². The largest absolute Gasteiger partial charge is 0.508 e. The summed E-state index contributed by atoms with van der Waals surface area (Å²) in [6, 6.07) is 7.86. The maximum atomic E-state index is 13.2. The van der Waals surface area contributed by atoms with E-state index >= 15 is 0 Å². The van der Waals surface area contributed by atoms with Gasteiger partial charge in [0.2, 0.25) is 0 Å². The summed E-state index contributed by atoms with van der Waals surface area (Å²) in [5.74, 6) is -2.14.